The molecule has 22 heavy (non-hydrogen) atoms. The van der Waals surface area contributed by atoms with Crippen LogP contribution in [-0.4, -0.2) is 32.5 Å². The minimum absolute atomic E-state index is 0.00775. The fraction of sp³-hybridized carbons (Fsp3) is 0.467. The van der Waals surface area contributed by atoms with E-state index < -0.39 is 15.9 Å². The van der Waals surface area contributed by atoms with Gasteiger partial charge in [-0.1, -0.05) is 20.3 Å². The molecular formula is C15H20N2O4S. The number of fused-ring (bicyclic) bond motifs is 1. The van der Waals surface area contributed by atoms with Crippen LogP contribution in [0.25, 0.3) is 0 Å². The molecule has 1 aliphatic heterocycles. The van der Waals surface area contributed by atoms with Gasteiger partial charge in [0.05, 0.1) is 16.3 Å². The summed E-state index contributed by atoms with van der Waals surface area (Å²) in [7, 11) is -3.38. The molecule has 120 valence electrons. The topological polar surface area (TPSA) is 83.6 Å². The Hall–Kier alpha value is -1.89. The predicted octanol–water partition coefficient (Wildman–Crippen LogP) is 1.81. The van der Waals surface area contributed by atoms with Gasteiger partial charge in [-0.05, 0) is 24.1 Å². The second-order valence-electron chi connectivity index (χ2n) is 5.66. The lowest BCUT2D eigenvalue weighted by Crippen LogP contribution is -2.53. The molecule has 0 aliphatic carbocycles. The first-order valence-electron chi connectivity index (χ1n) is 7.11. The fourth-order valence-electron chi connectivity index (χ4n) is 2.63. The Balaban J connectivity index is 2.59. The minimum atomic E-state index is -3.38. The van der Waals surface area contributed by atoms with Gasteiger partial charge in [-0.3, -0.25) is 14.5 Å². The molecule has 2 amide bonds. The lowest BCUT2D eigenvalue weighted by molar-refractivity contribution is -0.123. The summed E-state index contributed by atoms with van der Waals surface area (Å²) < 4.78 is 23.3. The second-order valence-corrected chi connectivity index (χ2v) is 7.68. The third kappa shape index (κ3) is 2.85. The molecule has 1 N–H and O–H groups in total. The number of benzene rings is 1. The Morgan fingerprint density at radius 1 is 1.41 bits per heavy atom. The summed E-state index contributed by atoms with van der Waals surface area (Å²) in [5.41, 5.74) is 0.882. The lowest BCUT2D eigenvalue weighted by Gasteiger charge is -2.38. The number of rotatable bonds is 3. The summed E-state index contributed by atoms with van der Waals surface area (Å²) in [6.07, 6.45) is 1.85. The van der Waals surface area contributed by atoms with E-state index in [0.29, 0.717) is 11.4 Å². The third-order valence-corrected chi connectivity index (χ3v) is 5.09. The van der Waals surface area contributed by atoms with Crippen molar-refractivity contribution in [2.45, 2.75) is 38.1 Å². The molecule has 0 bridgehead atoms. The molecule has 0 fully saturated rings. The van der Waals surface area contributed by atoms with Gasteiger partial charge in [0, 0.05) is 13.2 Å². The molecule has 6 nitrogen and oxygen atoms in total. The van der Waals surface area contributed by atoms with Crippen LogP contribution in [0.15, 0.2) is 23.1 Å². The molecule has 1 heterocycles. The molecule has 1 aromatic carbocycles. The first-order valence-corrected chi connectivity index (χ1v) is 9.00. The van der Waals surface area contributed by atoms with Crippen molar-refractivity contribution in [2.75, 3.05) is 16.5 Å². The molecule has 2 rings (SSSR count). The van der Waals surface area contributed by atoms with E-state index in [2.05, 4.69) is 5.32 Å². The normalized spacial score (nSPS) is 19.4. The Morgan fingerprint density at radius 3 is 2.55 bits per heavy atom. The summed E-state index contributed by atoms with van der Waals surface area (Å²) in [6, 6.07) is 3.83. The monoisotopic (exact) mass is 324 g/mol. The van der Waals surface area contributed by atoms with Gasteiger partial charge in [0.2, 0.25) is 11.8 Å². The summed E-state index contributed by atoms with van der Waals surface area (Å²) in [5.74, 6) is -0.539. The number of anilines is 2. The van der Waals surface area contributed by atoms with E-state index in [0.717, 1.165) is 12.7 Å². The highest BCUT2D eigenvalue weighted by atomic mass is 32.2. The van der Waals surface area contributed by atoms with Crippen molar-refractivity contribution in [2.24, 2.45) is 5.92 Å². The lowest BCUT2D eigenvalue weighted by atomic mass is 9.94. The number of nitrogens with one attached hydrogen (secondary N) is 1. The molecule has 0 spiro atoms. The van der Waals surface area contributed by atoms with Gasteiger partial charge in [0.25, 0.3) is 0 Å². The Bertz CT molecular complexity index is 727. The van der Waals surface area contributed by atoms with Gasteiger partial charge < -0.3 is 5.32 Å². The SMILES string of the molecule is CCC(C)C1C(=O)Nc2cc(S(C)(=O)=O)ccc2N1C(C)=O. The standard InChI is InChI=1S/C15H20N2O4S/c1-5-9(2)14-15(19)16-12-8-11(22(4,20)21)6-7-13(12)17(14)10(3)18/h6-9,14H,5H2,1-4H3,(H,16,19). The summed E-state index contributed by atoms with van der Waals surface area (Å²) in [6.45, 7) is 5.27. The molecule has 1 aliphatic rings. The maximum atomic E-state index is 12.4. The number of hydrogen-bond donors (Lipinski definition) is 1. The average Bonchev–Trinajstić information content (AvgIpc) is 2.43. The highest BCUT2D eigenvalue weighted by Crippen LogP contribution is 2.36. The maximum Gasteiger partial charge on any atom is 0.247 e. The fourth-order valence-corrected chi connectivity index (χ4v) is 3.28. The van der Waals surface area contributed by atoms with Gasteiger partial charge in [0.15, 0.2) is 9.84 Å². The number of carbonyl (C=O) groups is 2. The maximum absolute atomic E-state index is 12.4. The van der Waals surface area contributed by atoms with Crippen molar-refractivity contribution in [1.82, 2.24) is 0 Å². The van der Waals surface area contributed by atoms with Gasteiger partial charge in [0.1, 0.15) is 6.04 Å². The molecule has 0 saturated carbocycles. The van der Waals surface area contributed by atoms with Crippen molar-refractivity contribution in [3.8, 4) is 0 Å². The molecule has 2 unspecified atom stereocenters. The first kappa shape index (κ1) is 16.5. The van der Waals surface area contributed by atoms with E-state index in [-0.39, 0.29) is 22.6 Å². The molecule has 7 heteroatoms. The third-order valence-electron chi connectivity index (χ3n) is 3.98. The Labute approximate surface area is 130 Å². The van der Waals surface area contributed by atoms with E-state index in [1.54, 1.807) is 6.07 Å². The van der Waals surface area contributed by atoms with Crippen LogP contribution in [0.1, 0.15) is 27.2 Å². The van der Waals surface area contributed by atoms with E-state index in [9.17, 15) is 18.0 Å². The number of nitrogens with zero attached hydrogens (tertiary/aromatic N) is 1. The van der Waals surface area contributed by atoms with Crippen LogP contribution in [0.2, 0.25) is 0 Å². The van der Waals surface area contributed by atoms with Crippen molar-refractivity contribution in [3.63, 3.8) is 0 Å². The zero-order valence-electron chi connectivity index (χ0n) is 13.1. The Morgan fingerprint density at radius 2 is 2.05 bits per heavy atom. The zero-order chi connectivity index (χ0) is 16.7. The van der Waals surface area contributed by atoms with Crippen molar-refractivity contribution >= 4 is 33.0 Å². The van der Waals surface area contributed by atoms with Crippen LogP contribution in [0.3, 0.4) is 0 Å². The molecule has 0 saturated heterocycles. The minimum Gasteiger partial charge on any atom is -0.322 e. The van der Waals surface area contributed by atoms with Gasteiger partial charge in [-0.15, -0.1) is 0 Å². The molecular weight excluding hydrogens is 304 g/mol. The predicted molar refractivity (Wildman–Crippen MR) is 84.6 cm³/mol. The van der Waals surface area contributed by atoms with Gasteiger partial charge in [-0.25, -0.2) is 8.42 Å². The smallest absolute Gasteiger partial charge is 0.247 e. The number of carbonyl (C=O) groups excluding carboxylic acids is 2. The van der Waals surface area contributed by atoms with E-state index >= 15 is 0 Å². The molecule has 0 radical (unpaired) electrons. The van der Waals surface area contributed by atoms with Crippen LogP contribution in [0.5, 0.6) is 0 Å². The van der Waals surface area contributed by atoms with Crippen molar-refractivity contribution in [1.29, 1.82) is 0 Å². The first-order chi connectivity index (χ1) is 10.2. The highest BCUT2D eigenvalue weighted by molar-refractivity contribution is 7.90. The number of amides is 2. The van der Waals surface area contributed by atoms with E-state index in [4.69, 9.17) is 0 Å². The Kier molecular flexibility index (Phi) is 4.28. The van der Waals surface area contributed by atoms with E-state index in [1.165, 1.54) is 24.0 Å². The molecule has 0 aromatic heterocycles. The van der Waals surface area contributed by atoms with Crippen molar-refractivity contribution < 1.29 is 18.0 Å². The van der Waals surface area contributed by atoms with Crippen LogP contribution in [-0.2, 0) is 19.4 Å². The largest absolute Gasteiger partial charge is 0.322 e. The van der Waals surface area contributed by atoms with Crippen LogP contribution >= 0.6 is 0 Å². The average molecular weight is 324 g/mol. The summed E-state index contributed by atoms with van der Waals surface area (Å²) in [5, 5.41) is 2.73. The quantitative estimate of drug-likeness (QED) is 0.919. The van der Waals surface area contributed by atoms with E-state index in [1.807, 2.05) is 13.8 Å². The molecule has 1 aromatic rings. The van der Waals surface area contributed by atoms with Crippen LogP contribution in [0, 0.1) is 5.92 Å². The van der Waals surface area contributed by atoms with Crippen LogP contribution < -0.4 is 10.2 Å². The second kappa shape index (κ2) is 5.72. The molecule has 2 atom stereocenters. The summed E-state index contributed by atoms with van der Waals surface area (Å²) in [4.78, 5) is 26.0. The zero-order valence-corrected chi connectivity index (χ0v) is 13.9. The van der Waals surface area contributed by atoms with Crippen LogP contribution in [0.4, 0.5) is 11.4 Å². The van der Waals surface area contributed by atoms with Gasteiger partial charge >= 0.3 is 0 Å². The number of sulfone groups is 1. The number of hydrogen-bond acceptors (Lipinski definition) is 4. The highest BCUT2D eigenvalue weighted by Gasteiger charge is 2.38. The van der Waals surface area contributed by atoms with Gasteiger partial charge in [-0.2, -0.15) is 0 Å². The van der Waals surface area contributed by atoms with Crippen molar-refractivity contribution in [3.05, 3.63) is 18.2 Å². The summed E-state index contributed by atoms with van der Waals surface area (Å²) >= 11 is 0.